The van der Waals surface area contributed by atoms with Crippen molar-refractivity contribution in [1.29, 1.82) is 0 Å². The van der Waals surface area contributed by atoms with E-state index in [1.807, 2.05) is 0 Å². The molecule has 0 atom stereocenters. The summed E-state index contributed by atoms with van der Waals surface area (Å²) in [6.45, 7) is -2.54. The molecule has 2 nitrogen and oxygen atoms in total. The maximum Gasteiger partial charge on any atom is 0.388 e. The van der Waals surface area contributed by atoms with Gasteiger partial charge in [0.15, 0.2) is 5.06 Å². The Morgan fingerprint density at radius 2 is 2.36 bits per heavy atom. The molecular formula is C6H7F2NOS. The highest BCUT2D eigenvalue weighted by Gasteiger charge is 2.08. The van der Waals surface area contributed by atoms with Crippen molar-refractivity contribution in [2.24, 2.45) is 5.73 Å². The lowest BCUT2D eigenvalue weighted by Crippen LogP contribution is -2.04. The largest absolute Gasteiger partial charge is 0.425 e. The van der Waals surface area contributed by atoms with E-state index in [0.717, 1.165) is 11.3 Å². The van der Waals surface area contributed by atoms with Gasteiger partial charge in [-0.05, 0) is 11.4 Å². The summed E-state index contributed by atoms with van der Waals surface area (Å²) in [5.74, 6) is 0. The van der Waals surface area contributed by atoms with Gasteiger partial charge in [-0.1, -0.05) is 0 Å². The van der Waals surface area contributed by atoms with Crippen molar-refractivity contribution in [3.05, 3.63) is 17.0 Å². The average molecular weight is 179 g/mol. The number of thiophene rings is 1. The summed E-state index contributed by atoms with van der Waals surface area (Å²) < 4.78 is 27.5. The Balaban J connectivity index is 2.68. The fourth-order valence-electron chi connectivity index (χ4n) is 0.657. The van der Waals surface area contributed by atoms with Crippen molar-refractivity contribution in [1.82, 2.24) is 0 Å². The van der Waals surface area contributed by atoms with Gasteiger partial charge in [0.05, 0.1) is 0 Å². The summed E-state index contributed by atoms with van der Waals surface area (Å²) in [5.41, 5.74) is 5.87. The zero-order valence-electron chi connectivity index (χ0n) is 5.59. The molecule has 0 aromatic carbocycles. The Morgan fingerprint density at radius 1 is 1.64 bits per heavy atom. The lowest BCUT2D eigenvalue weighted by molar-refractivity contribution is -0.0477. The molecule has 0 spiro atoms. The number of ether oxygens (including phenoxy) is 1. The van der Waals surface area contributed by atoms with Crippen LogP contribution in [0, 0.1) is 0 Å². The van der Waals surface area contributed by atoms with E-state index < -0.39 is 6.61 Å². The molecule has 1 aromatic rings. The van der Waals surface area contributed by atoms with E-state index in [1.165, 1.54) is 0 Å². The maximum absolute atomic E-state index is 11.7. The molecule has 5 heteroatoms. The molecule has 0 fully saturated rings. The van der Waals surface area contributed by atoms with Crippen molar-refractivity contribution in [2.45, 2.75) is 13.2 Å². The van der Waals surface area contributed by atoms with Crippen LogP contribution in [0.4, 0.5) is 8.78 Å². The first-order chi connectivity index (χ1) is 5.24. The van der Waals surface area contributed by atoms with Crippen LogP contribution in [-0.2, 0) is 6.54 Å². The van der Waals surface area contributed by atoms with Crippen LogP contribution in [-0.4, -0.2) is 6.61 Å². The van der Waals surface area contributed by atoms with Crippen LogP contribution in [0.2, 0.25) is 0 Å². The van der Waals surface area contributed by atoms with E-state index in [9.17, 15) is 8.78 Å². The molecule has 0 saturated carbocycles. The van der Waals surface area contributed by atoms with E-state index in [4.69, 9.17) is 5.73 Å². The first-order valence-electron chi connectivity index (χ1n) is 2.95. The molecule has 11 heavy (non-hydrogen) atoms. The summed E-state index contributed by atoms with van der Waals surface area (Å²) >= 11 is 1.12. The first kappa shape index (κ1) is 8.42. The predicted molar refractivity (Wildman–Crippen MR) is 38.8 cm³/mol. The quantitative estimate of drug-likeness (QED) is 0.768. The lowest BCUT2D eigenvalue weighted by Gasteiger charge is -2.02. The highest BCUT2D eigenvalue weighted by Crippen LogP contribution is 2.26. The lowest BCUT2D eigenvalue weighted by atomic mass is 10.3. The number of hydrogen-bond acceptors (Lipinski definition) is 3. The fourth-order valence-corrected chi connectivity index (χ4v) is 1.44. The molecule has 0 unspecified atom stereocenters. The average Bonchev–Trinajstić information content (AvgIpc) is 2.34. The van der Waals surface area contributed by atoms with Gasteiger partial charge < -0.3 is 10.5 Å². The zero-order chi connectivity index (χ0) is 8.27. The molecular weight excluding hydrogens is 172 g/mol. The first-order valence-corrected chi connectivity index (χ1v) is 3.83. The Kier molecular flexibility index (Phi) is 2.78. The molecule has 2 N–H and O–H groups in total. The monoisotopic (exact) mass is 179 g/mol. The Labute approximate surface area is 66.6 Å². The van der Waals surface area contributed by atoms with Gasteiger partial charge >= 0.3 is 6.61 Å². The van der Waals surface area contributed by atoms with Crippen LogP contribution >= 0.6 is 11.3 Å². The number of hydrogen-bond donors (Lipinski definition) is 1. The van der Waals surface area contributed by atoms with Gasteiger partial charge in [-0.25, -0.2) is 0 Å². The van der Waals surface area contributed by atoms with Gasteiger partial charge in [0, 0.05) is 12.1 Å². The Morgan fingerprint density at radius 3 is 2.91 bits per heavy atom. The van der Waals surface area contributed by atoms with E-state index >= 15 is 0 Å². The molecule has 0 bridgehead atoms. The minimum Gasteiger partial charge on any atom is -0.425 e. The Hall–Kier alpha value is -0.680. The van der Waals surface area contributed by atoms with Crippen LogP contribution in [0.3, 0.4) is 0 Å². The maximum atomic E-state index is 11.7. The standard InChI is InChI=1S/C6H7F2NOS/c7-6(8)10-5-4(3-9)1-2-11-5/h1-2,6H,3,9H2. The van der Waals surface area contributed by atoms with Gasteiger partial charge in [-0.2, -0.15) is 8.78 Å². The van der Waals surface area contributed by atoms with Gasteiger partial charge in [0.1, 0.15) is 0 Å². The summed E-state index contributed by atoms with van der Waals surface area (Å²) in [6.07, 6.45) is 0. The second-order valence-electron chi connectivity index (χ2n) is 1.82. The smallest absolute Gasteiger partial charge is 0.388 e. The Bertz CT molecular complexity index is 226. The third-order valence-corrected chi connectivity index (χ3v) is 1.97. The minimum absolute atomic E-state index is 0.211. The number of nitrogens with two attached hydrogens (primary N) is 1. The molecule has 1 aromatic heterocycles. The molecule has 0 amide bonds. The topological polar surface area (TPSA) is 35.2 Å². The van der Waals surface area contributed by atoms with Gasteiger partial charge in [-0.15, -0.1) is 11.3 Å². The third kappa shape index (κ3) is 2.13. The van der Waals surface area contributed by atoms with E-state index in [-0.39, 0.29) is 11.6 Å². The molecule has 0 radical (unpaired) electrons. The van der Waals surface area contributed by atoms with Gasteiger partial charge in [-0.3, -0.25) is 0 Å². The summed E-state index contributed by atoms with van der Waals surface area (Å²) in [4.78, 5) is 0. The van der Waals surface area contributed by atoms with Crippen molar-refractivity contribution in [3.8, 4) is 5.06 Å². The van der Waals surface area contributed by atoms with Crippen LogP contribution in [0.1, 0.15) is 5.56 Å². The SMILES string of the molecule is NCc1ccsc1OC(F)F. The molecule has 0 aliphatic carbocycles. The van der Waals surface area contributed by atoms with Crippen molar-refractivity contribution in [3.63, 3.8) is 0 Å². The highest BCUT2D eigenvalue weighted by atomic mass is 32.1. The molecule has 0 saturated heterocycles. The van der Waals surface area contributed by atoms with Crippen molar-refractivity contribution in [2.75, 3.05) is 0 Å². The highest BCUT2D eigenvalue weighted by molar-refractivity contribution is 7.12. The number of alkyl halides is 2. The normalized spacial score (nSPS) is 10.5. The van der Waals surface area contributed by atoms with Crippen LogP contribution in [0.15, 0.2) is 11.4 Å². The van der Waals surface area contributed by atoms with E-state index in [0.29, 0.717) is 5.56 Å². The second-order valence-corrected chi connectivity index (χ2v) is 2.69. The molecule has 1 rings (SSSR count). The molecule has 1 heterocycles. The van der Waals surface area contributed by atoms with E-state index in [1.54, 1.807) is 11.4 Å². The number of rotatable bonds is 3. The van der Waals surface area contributed by atoms with Gasteiger partial charge in [0.2, 0.25) is 0 Å². The molecule has 62 valence electrons. The fraction of sp³-hybridized carbons (Fsp3) is 0.333. The zero-order valence-corrected chi connectivity index (χ0v) is 6.41. The van der Waals surface area contributed by atoms with Crippen molar-refractivity contribution < 1.29 is 13.5 Å². The minimum atomic E-state index is -2.76. The molecule has 0 aliphatic rings. The summed E-state index contributed by atoms with van der Waals surface area (Å²) in [7, 11) is 0. The molecule has 0 aliphatic heterocycles. The summed E-state index contributed by atoms with van der Waals surface area (Å²) in [5, 5.41) is 1.88. The second kappa shape index (κ2) is 3.64. The van der Waals surface area contributed by atoms with Crippen LogP contribution < -0.4 is 10.5 Å². The summed E-state index contributed by atoms with van der Waals surface area (Å²) in [6, 6.07) is 1.67. The predicted octanol–water partition coefficient (Wildman–Crippen LogP) is 1.81. The third-order valence-electron chi connectivity index (χ3n) is 1.12. The van der Waals surface area contributed by atoms with Crippen LogP contribution in [0.5, 0.6) is 5.06 Å². The number of halogens is 2. The van der Waals surface area contributed by atoms with Crippen molar-refractivity contribution >= 4 is 11.3 Å². The van der Waals surface area contributed by atoms with Crippen LogP contribution in [0.25, 0.3) is 0 Å². The van der Waals surface area contributed by atoms with Gasteiger partial charge in [0.25, 0.3) is 0 Å². The van der Waals surface area contributed by atoms with E-state index in [2.05, 4.69) is 4.74 Å².